The number of carbonyl (C=O) groups excluding carboxylic acids is 4. The normalized spacial score (nSPS) is 19.1. The van der Waals surface area contributed by atoms with Gasteiger partial charge in [-0.3, -0.25) is 19.2 Å². The second kappa shape index (κ2) is 14.8. The number of thiazole rings is 1. The molecule has 3 atom stereocenters. The first kappa shape index (κ1) is 37.1. The molecular formula is C35H36F3N9O5S. The van der Waals surface area contributed by atoms with Crippen molar-refractivity contribution in [3.63, 3.8) is 0 Å². The molecule has 0 saturated heterocycles. The van der Waals surface area contributed by atoms with E-state index in [0.29, 0.717) is 9.52 Å². The summed E-state index contributed by atoms with van der Waals surface area (Å²) in [4.78, 5) is 69.1. The van der Waals surface area contributed by atoms with Crippen LogP contribution in [0.4, 0.5) is 13.2 Å². The summed E-state index contributed by atoms with van der Waals surface area (Å²) in [5.74, 6) is -2.71. The van der Waals surface area contributed by atoms with Gasteiger partial charge in [-0.15, -0.1) is 11.3 Å². The van der Waals surface area contributed by atoms with Crippen LogP contribution in [0.2, 0.25) is 0 Å². The van der Waals surface area contributed by atoms with E-state index in [1.54, 1.807) is 27.7 Å². The second-order valence-corrected chi connectivity index (χ2v) is 14.0. The molecule has 0 unspecified atom stereocenters. The smallest absolute Gasteiger partial charge is 0.433 e. The van der Waals surface area contributed by atoms with Crippen LogP contribution in [0.25, 0.3) is 5.65 Å². The van der Waals surface area contributed by atoms with Crippen LogP contribution in [0.5, 0.6) is 0 Å². The van der Waals surface area contributed by atoms with E-state index in [2.05, 4.69) is 36.0 Å². The third-order valence-electron chi connectivity index (χ3n) is 8.54. The van der Waals surface area contributed by atoms with E-state index in [1.165, 1.54) is 12.3 Å². The van der Waals surface area contributed by atoms with Crippen LogP contribution in [0.3, 0.4) is 0 Å². The summed E-state index contributed by atoms with van der Waals surface area (Å²) in [6, 6.07) is 8.77. The molecule has 5 heterocycles. The fraction of sp³-hybridized carbons (Fsp3) is 0.371. The molecule has 4 amide bonds. The van der Waals surface area contributed by atoms with Gasteiger partial charge in [0.1, 0.15) is 28.2 Å². The topological polar surface area (TPSA) is 177 Å². The highest BCUT2D eigenvalue weighted by Gasteiger charge is 2.36. The average molecular weight is 752 g/mol. The minimum Gasteiger partial charge on any atom is -0.443 e. The summed E-state index contributed by atoms with van der Waals surface area (Å²) in [6.45, 7) is 7.42. The first-order valence-corrected chi connectivity index (χ1v) is 17.6. The number of hydrogen-bond donors (Lipinski definition) is 3. The number of aryl methyl sites for hydroxylation is 2. The Balaban J connectivity index is 1.43. The fourth-order valence-corrected chi connectivity index (χ4v) is 6.76. The third kappa shape index (κ3) is 8.21. The van der Waals surface area contributed by atoms with E-state index >= 15 is 0 Å². The SMILES string of the molecule is Cc1cc(C(F)(F)F)n2nc(C(=O)N3CC(=O)N[C@@H](C(C)C)c4nc(c(C)o4)C(=O)N[C@H](C)c4nc(cs4)C(=O)N[C@H](Cc4ccccc4)C3)cc2n1. The Morgan fingerprint density at radius 1 is 1.02 bits per heavy atom. The standard InChI is InChI=1S/C35H36F3N9O5S/c1-17(2)28-32-44-29(20(5)52-32)31(50)40-19(4)33-42-24(16-53-33)30(49)41-22(12-21-9-7-6-8-10-21)14-46(15-27(48)43-28)34(51)23-13-26-39-18(3)11-25(35(36,37)38)47(26)45-23/h6-11,13,16-17,19,22,28H,12,14-15H2,1-5H3,(H,40,50)(H,41,49)(H,43,48)/t19-,22-,28+/m1/s1. The Kier molecular flexibility index (Phi) is 10.3. The molecule has 0 radical (unpaired) electrons. The van der Waals surface area contributed by atoms with Crippen LogP contribution in [-0.2, 0) is 17.4 Å². The average Bonchev–Trinajstić information content (AvgIpc) is 3.84. The van der Waals surface area contributed by atoms with Gasteiger partial charge >= 0.3 is 6.18 Å². The molecule has 3 N–H and O–H groups in total. The van der Waals surface area contributed by atoms with Crippen molar-refractivity contribution in [3.05, 3.63) is 98.5 Å². The Bertz CT molecular complexity index is 2180. The van der Waals surface area contributed by atoms with Crippen molar-refractivity contribution in [3.8, 4) is 0 Å². The molecule has 1 aromatic carbocycles. The number of alkyl halides is 3. The van der Waals surface area contributed by atoms with Gasteiger partial charge in [0.25, 0.3) is 17.7 Å². The number of nitrogens with one attached hydrogen (secondary N) is 3. The summed E-state index contributed by atoms with van der Waals surface area (Å²) in [7, 11) is 0. The molecule has 14 nitrogen and oxygen atoms in total. The number of benzene rings is 1. The molecule has 4 bridgehead atoms. The maximum Gasteiger partial charge on any atom is 0.433 e. The van der Waals surface area contributed by atoms with Crippen LogP contribution in [0.15, 0.2) is 52.3 Å². The Labute approximate surface area is 305 Å². The van der Waals surface area contributed by atoms with Gasteiger partial charge in [-0.25, -0.2) is 19.5 Å². The molecule has 0 fully saturated rings. The number of carbonyl (C=O) groups is 4. The molecular weight excluding hydrogens is 716 g/mol. The van der Waals surface area contributed by atoms with Gasteiger partial charge in [0, 0.05) is 23.7 Å². The molecule has 278 valence electrons. The largest absolute Gasteiger partial charge is 0.443 e. The molecule has 0 spiro atoms. The highest BCUT2D eigenvalue weighted by atomic mass is 32.1. The highest BCUT2D eigenvalue weighted by molar-refractivity contribution is 7.09. The van der Waals surface area contributed by atoms with Crippen molar-refractivity contribution in [1.29, 1.82) is 0 Å². The van der Waals surface area contributed by atoms with Gasteiger partial charge in [0.15, 0.2) is 17.0 Å². The predicted molar refractivity (Wildman–Crippen MR) is 185 cm³/mol. The van der Waals surface area contributed by atoms with Gasteiger partial charge in [0.05, 0.1) is 18.6 Å². The Morgan fingerprint density at radius 2 is 1.75 bits per heavy atom. The summed E-state index contributed by atoms with van der Waals surface area (Å²) < 4.78 is 48.4. The molecule has 1 aliphatic rings. The van der Waals surface area contributed by atoms with Gasteiger partial charge in [-0.05, 0) is 44.7 Å². The number of oxazole rings is 1. The van der Waals surface area contributed by atoms with Crippen molar-refractivity contribution in [1.82, 2.24) is 45.4 Å². The van der Waals surface area contributed by atoms with Gasteiger partial charge in [-0.1, -0.05) is 44.2 Å². The second-order valence-electron chi connectivity index (χ2n) is 13.1. The van der Waals surface area contributed by atoms with Gasteiger partial charge in [-0.2, -0.15) is 18.3 Å². The molecule has 0 aliphatic carbocycles. The van der Waals surface area contributed by atoms with Gasteiger partial charge in [0.2, 0.25) is 11.8 Å². The van der Waals surface area contributed by atoms with E-state index in [-0.39, 0.29) is 53.3 Å². The molecule has 53 heavy (non-hydrogen) atoms. The fourth-order valence-electron chi connectivity index (χ4n) is 5.96. The van der Waals surface area contributed by atoms with Crippen molar-refractivity contribution in [2.24, 2.45) is 5.92 Å². The molecule has 0 saturated carbocycles. The number of nitrogens with zero attached hydrogens (tertiary/aromatic N) is 6. The molecule has 5 aromatic rings. The zero-order valence-electron chi connectivity index (χ0n) is 29.3. The zero-order valence-corrected chi connectivity index (χ0v) is 30.1. The van der Waals surface area contributed by atoms with Crippen molar-refractivity contribution < 1.29 is 36.8 Å². The maximum atomic E-state index is 14.3. The van der Waals surface area contributed by atoms with Crippen LogP contribution in [0, 0.1) is 19.8 Å². The van der Waals surface area contributed by atoms with E-state index in [0.717, 1.165) is 33.9 Å². The van der Waals surface area contributed by atoms with Crippen LogP contribution in [0.1, 0.15) is 97.9 Å². The number of hydrogen-bond acceptors (Lipinski definition) is 10. The first-order valence-electron chi connectivity index (χ1n) is 16.7. The lowest BCUT2D eigenvalue weighted by atomic mass is 10.0. The lowest BCUT2D eigenvalue weighted by molar-refractivity contribution is -0.142. The lowest BCUT2D eigenvalue weighted by Gasteiger charge is -2.28. The van der Waals surface area contributed by atoms with Crippen LogP contribution in [-0.4, -0.2) is 72.2 Å². The highest BCUT2D eigenvalue weighted by Crippen LogP contribution is 2.30. The monoisotopic (exact) mass is 751 g/mol. The van der Waals surface area contributed by atoms with Crippen molar-refractivity contribution >= 4 is 40.6 Å². The number of aromatic nitrogens is 5. The Morgan fingerprint density at radius 3 is 2.45 bits per heavy atom. The maximum absolute atomic E-state index is 14.3. The van der Waals surface area contributed by atoms with E-state index < -0.39 is 65.9 Å². The number of fused-ring (bicyclic) bond motifs is 5. The predicted octanol–water partition coefficient (Wildman–Crippen LogP) is 4.61. The minimum absolute atomic E-state index is 0.00290. The molecule has 4 aromatic heterocycles. The number of rotatable bonds is 4. The summed E-state index contributed by atoms with van der Waals surface area (Å²) in [6.07, 6.45) is -4.60. The van der Waals surface area contributed by atoms with Crippen molar-refractivity contribution in [2.45, 2.75) is 65.3 Å². The zero-order chi connectivity index (χ0) is 38.2. The molecule has 18 heteroatoms. The van der Waals surface area contributed by atoms with E-state index in [1.807, 2.05) is 30.3 Å². The Hall–Kier alpha value is -5.65. The number of halogens is 3. The van der Waals surface area contributed by atoms with Crippen LogP contribution >= 0.6 is 11.3 Å². The quantitative estimate of drug-likeness (QED) is 0.237. The van der Waals surface area contributed by atoms with Gasteiger partial charge < -0.3 is 25.3 Å². The third-order valence-corrected chi connectivity index (χ3v) is 9.56. The van der Waals surface area contributed by atoms with Crippen LogP contribution < -0.4 is 16.0 Å². The first-order chi connectivity index (χ1) is 25.1. The molecule has 6 rings (SSSR count). The van der Waals surface area contributed by atoms with E-state index in [4.69, 9.17) is 4.42 Å². The van der Waals surface area contributed by atoms with E-state index in [9.17, 15) is 32.3 Å². The lowest BCUT2D eigenvalue weighted by Crippen LogP contribution is -2.50. The van der Waals surface area contributed by atoms with Crippen molar-refractivity contribution in [2.75, 3.05) is 13.1 Å². The summed E-state index contributed by atoms with van der Waals surface area (Å²) in [5, 5.41) is 14.6. The summed E-state index contributed by atoms with van der Waals surface area (Å²) in [5.41, 5.74) is -0.828. The summed E-state index contributed by atoms with van der Waals surface area (Å²) >= 11 is 1.16. The number of amides is 4. The molecule has 1 aliphatic heterocycles. The minimum atomic E-state index is -4.80.